The second-order valence-electron chi connectivity index (χ2n) is 19.4. The van der Waals surface area contributed by atoms with Gasteiger partial charge in [-0.05, 0) is 12.8 Å². The molecule has 0 spiro atoms. The summed E-state index contributed by atoms with van der Waals surface area (Å²) in [6.07, 6.45) is 45.8. The van der Waals surface area contributed by atoms with Gasteiger partial charge in [0.05, 0.1) is 19.8 Å². The Morgan fingerprint density at radius 2 is 0.778 bits per heavy atom. The maximum Gasteiger partial charge on any atom is 0.306 e. The molecule has 376 valence electrons. The molecule has 0 aromatic heterocycles. The summed E-state index contributed by atoms with van der Waals surface area (Å²) in [6.45, 7) is 4.64. The van der Waals surface area contributed by atoms with Gasteiger partial charge in [0, 0.05) is 13.0 Å². The van der Waals surface area contributed by atoms with E-state index in [4.69, 9.17) is 18.9 Å². The van der Waals surface area contributed by atoms with E-state index in [-0.39, 0.29) is 19.2 Å². The molecule has 0 radical (unpaired) electrons. The normalized spacial score (nSPS) is 19.5. The zero-order chi connectivity index (χ0) is 45.7. The van der Waals surface area contributed by atoms with Crippen LogP contribution in [0.1, 0.15) is 277 Å². The fraction of sp³-hybridized carbons (Fsp3) is 0.981. The molecule has 6 atom stereocenters. The number of carbonyl (C=O) groups excluding carboxylic acids is 1. The molecule has 63 heavy (non-hydrogen) atoms. The SMILES string of the molecule is CCCCCCCCCCCCCCCCCCCCCCCCCOCC(COC1OC(CO)C(O)C(O)C1O)OC(=O)CCCCCCCCCCCCCCCCCCC. The summed E-state index contributed by atoms with van der Waals surface area (Å²) in [5, 5.41) is 40.3. The summed E-state index contributed by atoms with van der Waals surface area (Å²) in [4.78, 5) is 12.8. The molecule has 6 unspecified atom stereocenters. The Kier molecular flexibility index (Phi) is 44.3. The van der Waals surface area contributed by atoms with Crippen molar-refractivity contribution in [1.29, 1.82) is 0 Å². The summed E-state index contributed by atoms with van der Waals surface area (Å²) in [5.41, 5.74) is 0. The molecule has 0 saturated carbocycles. The quantitative estimate of drug-likeness (QED) is 0.0348. The maximum atomic E-state index is 12.8. The van der Waals surface area contributed by atoms with E-state index in [2.05, 4.69) is 13.8 Å². The van der Waals surface area contributed by atoms with Crippen LogP contribution in [0.25, 0.3) is 0 Å². The zero-order valence-electron chi connectivity index (χ0n) is 41.6. The molecule has 1 rings (SSSR count). The summed E-state index contributed by atoms with van der Waals surface area (Å²) < 4.78 is 23.0. The Bertz CT molecular complexity index is 935. The zero-order valence-corrected chi connectivity index (χ0v) is 41.6. The summed E-state index contributed by atoms with van der Waals surface area (Å²) in [6, 6.07) is 0. The van der Waals surface area contributed by atoms with Crippen LogP contribution in [0.5, 0.6) is 0 Å². The largest absolute Gasteiger partial charge is 0.457 e. The van der Waals surface area contributed by atoms with Gasteiger partial charge in [0.25, 0.3) is 0 Å². The molecular weight excluding hydrogens is 793 g/mol. The van der Waals surface area contributed by atoms with Crippen LogP contribution in [-0.4, -0.2) is 89.6 Å². The lowest BCUT2D eigenvalue weighted by Gasteiger charge is -2.39. The highest BCUT2D eigenvalue weighted by Gasteiger charge is 2.44. The molecule has 0 aromatic carbocycles. The predicted molar refractivity (Wildman–Crippen MR) is 261 cm³/mol. The van der Waals surface area contributed by atoms with Gasteiger partial charge in [0.1, 0.15) is 30.5 Å². The van der Waals surface area contributed by atoms with Crippen molar-refractivity contribution in [2.75, 3.05) is 26.4 Å². The van der Waals surface area contributed by atoms with E-state index in [1.807, 2.05) is 0 Å². The molecular formula is C54H106O9. The summed E-state index contributed by atoms with van der Waals surface area (Å²) >= 11 is 0. The number of unbranched alkanes of at least 4 members (excludes halogenated alkanes) is 38. The Hall–Kier alpha value is -0.810. The number of ether oxygens (including phenoxy) is 4. The molecule has 1 saturated heterocycles. The van der Waals surface area contributed by atoms with Crippen LogP contribution >= 0.6 is 0 Å². The van der Waals surface area contributed by atoms with Gasteiger partial charge >= 0.3 is 5.97 Å². The van der Waals surface area contributed by atoms with Crippen LogP contribution < -0.4 is 0 Å². The first kappa shape index (κ1) is 60.2. The molecule has 0 aromatic rings. The van der Waals surface area contributed by atoms with Crippen molar-refractivity contribution in [3.63, 3.8) is 0 Å². The molecule has 1 heterocycles. The number of esters is 1. The highest BCUT2D eigenvalue weighted by Crippen LogP contribution is 2.23. The molecule has 4 N–H and O–H groups in total. The highest BCUT2D eigenvalue weighted by molar-refractivity contribution is 5.69. The molecule has 1 aliphatic rings. The van der Waals surface area contributed by atoms with E-state index >= 15 is 0 Å². The predicted octanol–water partition coefficient (Wildman–Crippen LogP) is 13.8. The van der Waals surface area contributed by atoms with Gasteiger partial charge in [0.2, 0.25) is 0 Å². The third-order valence-corrected chi connectivity index (χ3v) is 13.3. The average Bonchev–Trinajstić information content (AvgIpc) is 3.28. The van der Waals surface area contributed by atoms with E-state index in [0.29, 0.717) is 13.0 Å². The molecule has 9 heteroatoms. The van der Waals surface area contributed by atoms with Gasteiger partial charge in [-0.3, -0.25) is 4.79 Å². The number of aliphatic hydroxyl groups is 4. The second kappa shape index (κ2) is 46.3. The Morgan fingerprint density at radius 1 is 0.444 bits per heavy atom. The van der Waals surface area contributed by atoms with Crippen molar-refractivity contribution in [3.8, 4) is 0 Å². The van der Waals surface area contributed by atoms with Gasteiger partial charge in [0.15, 0.2) is 6.29 Å². The Labute approximate surface area is 389 Å². The topological polar surface area (TPSA) is 135 Å². The molecule has 0 amide bonds. The van der Waals surface area contributed by atoms with Crippen molar-refractivity contribution in [2.45, 2.75) is 314 Å². The number of hydrogen-bond donors (Lipinski definition) is 4. The fourth-order valence-corrected chi connectivity index (χ4v) is 8.97. The molecule has 9 nitrogen and oxygen atoms in total. The fourth-order valence-electron chi connectivity index (χ4n) is 8.97. The van der Waals surface area contributed by atoms with Crippen LogP contribution in [-0.2, 0) is 23.7 Å². The van der Waals surface area contributed by atoms with Crippen LogP contribution in [0.3, 0.4) is 0 Å². The lowest BCUT2D eigenvalue weighted by Crippen LogP contribution is -2.59. The van der Waals surface area contributed by atoms with Crippen molar-refractivity contribution in [1.82, 2.24) is 0 Å². The van der Waals surface area contributed by atoms with Crippen molar-refractivity contribution < 1.29 is 44.2 Å². The second-order valence-corrected chi connectivity index (χ2v) is 19.4. The maximum absolute atomic E-state index is 12.8. The monoisotopic (exact) mass is 899 g/mol. The van der Waals surface area contributed by atoms with Crippen LogP contribution in [0.4, 0.5) is 0 Å². The highest BCUT2D eigenvalue weighted by atomic mass is 16.7. The van der Waals surface area contributed by atoms with E-state index in [1.165, 1.54) is 225 Å². The first-order valence-electron chi connectivity index (χ1n) is 27.6. The van der Waals surface area contributed by atoms with Crippen molar-refractivity contribution in [2.24, 2.45) is 0 Å². The minimum atomic E-state index is -1.53. The molecule has 1 aliphatic heterocycles. The van der Waals surface area contributed by atoms with E-state index in [1.54, 1.807) is 0 Å². The summed E-state index contributed by atoms with van der Waals surface area (Å²) in [5.74, 6) is -0.304. The van der Waals surface area contributed by atoms with Crippen LogP contribution in [0.2, 0.25) is 0 Å². The van der Waals surface area contributed by atoms with Gasteiger partial charge in [-0.15, -0.1) is 0 Å². The molecule has 0 bridgehead atoms. The minimum Gasteiger partial charge on any atom is -0.457 e. The van der Waals surface area contributed by atoms with Gasteiger partial charge in [-0.2, -0.15) is 0 Å². The molecule has 1 fully saturated rings. The number of hydrogen-bond acceptors (Lipinski definition) is 9. The average molecular weight is 899 g/mol. The first-order chi connectivity index (χ1) is 30.9. The third kappa shape index (κ3) is 36.9. The lowest BCUT2D eigenvalue weighted by molar-refractivity contribution is -0.305. The standard InChI is InChI=1S/C54H106O9/c1-3-5-7-9-11-13-15-17-19-21-22-23-24-25-26-28-30-32-34-36-38-40-42-44-60-46-48(47-61-54-53(59)52(58)51(57)49(45-55)63-54)62-50(56)43-41-39-37-35-33-31-29-27-20-18-16-14-12-10-8-6-4-2/h48-49,51-55,57-59H,3-47H2,1-2H3. The first-order valence-corrected chi connectivity index (χ1v) is 27.6. The van der Waals surface area contributed by atoms with E-state index in [0.717, 1.165) is 32.1 Å². The number of rotatable bonds is 49. The Morgan fingerprint density at radius 3 is 1.13 bits per heavy atom. The summed E-state index contributed by atoms with van der Waals surface area (Å²) in [7, 11) is 0. The Balaban J connectivity index is 2.14. The number of aliphatic hydroxyl groups excluding tert-OH is 4. The van der Waals surface area contributed by atoms with Gasteiger partial charge in [-0.25, -0.2) is 0 Å². The van der Waals surface area contributed by atoms with Gasteiger partial charge < -0.3 is 39.4 Å². The van der Waals surface area contributed by atoms with E-state index < -0.39 is 43.4 Å². The van der Waals surface area contributed by atoms with Crippen LogP contribution in [0, 0.1) is 0 Å². The van der Waals surface area contributed by atoms with Crippen molar-refractivity contribution >= 4 is 5.97 Å². The molecule has 0 aliphatic carbocycles. The smallest absolute Gasteiger partial charge is 0.306 e. The lowest BCUT2D eigenvalue weighted by atomic mass is 9.99. The van der Waals surface area contributed by atoms with E-state index in [9.17, 15) is 25.2 Å². The van der Waals surface area contributed by atoms with Crippen molar-refractivity contribution in [3.05, 3.63) is 0 Å². The number of carbonyl (C=O) groups is 1. The van der Waals surface area contributed by atoms with Gasteiger partial charge in [-0.1, -0.05) is 258 Å². The minimum absolute atomic E-state index is 0.104. The third-order valence-electron chi connectivity index (χ3n) is 13.3. The van der Waals surface area contributed by atoms with Crippen LogP contribution in [0.15, 0.2) is 0 Å².